The molecule has 4 nitrogen and oxygen atoms in total. The molecule has 1 amide bonds. The molecule has 170 valence electrons. The Labute approximate surface area is 183 Å². The molecule has 0 aliphatic rings. The zero-order chi connectivity index (χ0) is 23.0. The van der Waals surface area contributed by atoms with Crippen LogP contribution in [-0.2, 0) is 9.16 Å². The number of amides is 1. The van der Waals surface area contributed by atoms with Gasteiger partial charge in [0, 0.05) is 6.61 Å². The average Bonchev–Trinajstić information content (AvgIpc) is 2.48. The first-order valence-corrected chi connectivity index (χ1v) is 16.8. The minimum Gasteiger partial charge on any atom is -0.444 e. The van der Waals surface area contributed by atoms with Crippen LogP contribution >= 0.6 is 0 Å². The normalized spacial score (nSPS) is 14.0. The van der Waals surface area contributed by atoms with E-state index in [0.29, 0.717) is 16.6 Å². The lowest BCUT2D eigenvalue weighted by Gasteiger charge is -2.42. The number of carbonyl (C=O) groups is 1. The summed E-state index contributed by atoms with van der Waals surface area (Å²) >= 11 is 0. The van der Waals surface area contributed by atoms with E-state index < -0.39 is 28.1 Å². The number of rotatable bonds is 9. The second kappa shape index (κ2) is 11.6. The van der Waals surface area contributed by atoms with E-state index in [1.165, 1.54) is 0 Å². The highest BCUT2D eigenvalue weighted by Crippen LogP contribution is 2.42. The van der Waals surface area contributed by atoms with Crippen LogP contribution in [0.3, 0.4) is 0 Å². The van der Waals surface area contributed by atoms with Gasteiger partial charge in [-0.3, -0.25) is 0 Å². The van der Waals surface area contributed by atoms with Crippen LogP contribution in [0.2, 0.25) is 36.3 Å². The Morgan fingerprint density at radius 3 is 1.83 bits per heavy atom. The van der Waals surface area contributed by atoms with Gasteiger partial charge in [-0.05, 0) is 50.2 Å². The maximum atomic E-state index is 12.2. The molecule has 0 aromatic heterocycles. The first-order valence-electron chi connectivity index (χ1n) is 11.2. The highest BCUT2D eigenvalue weighted by atomic mass is 28.4. The molecule has 0 fully saturated rings. The van der Waals surface area contributed by atoms with Crippen molar-refractivity contribution >= 4 is 22.5 Å². The summed E-state index contributed by atoms with van der Waals surface area (Å²) in [5, 5.41) is 2.96. The van der Waals surface area contributed by atoms with Gasteiger partial charge in [0.2, 0.25) is 0 Å². The first kappa shape index (κ1) is 28.2. The number of alkyl carbamates (subject to hydrolysis) is 1. The molecule has 6 heteroatoms. The molecule has 0 spiro atoms. The smallest absolute Gasteiger partial charge is 0.408 e. The molecule has 0 unspecified atom stereocenters. The van der Waals surface area contributed by atoms with E-state index in [9.17, 15) is 4.79 Å². The zero-order valence-electron chi connectivity index (χ0n) is 21.2. The maximum absolute atomic E-state index is 12.2. The Hall–Kier alpha value is -0.776. The fourth-order valence-corrected chi connectivity index (χ4v) is 10.1. The minimum atomic E-state index is -1.85. The van der Waals surface area contributed by atoms with E-state index in [1.807, 2.05) is 20.8 Å². The molecular weight excluding hydrogens is 394 g/mol. The van der Waals surface area contributed by atoms with Gasteiger partial charge in [0.25, 0.3) is 0 Å². The van der Waals surface area contributed by atoms with E-state index in [-0.39, 0.29) is 6.04 Å². The van der Waals surface area contributed by atoms with Gasteiger partial charge in [-0.1, -0.05) is 67.1 Å². The molecule has 0 radical (unpaired) electrons. The number of nitrogens with one attached hydrogen (secondary N) is 1. The monoisotopic (exact) mass is 441 g/mol. The summed E-state index contributed by atoms with van der Waals surface area (Å²) in [6.45, 7) is 26.8. The molecule has 0 saturated carbocycles. The van der Waals surface area contributed by atoms with Gasteiger partial charge in [-0.15, -0.1) is 5.54 Å². The molecule has 1 atom stereocenters. The van der Waals surface area contributed by atoms with Crippen LogP contribution in [0.25, 0.3) is 0 Å². The number of carbonyl (C=O) groups excluding carboxylic acids is 1. The van der Waals surface area contributed by atoms with Crippen LogP contribution in [0, 0.1) is 11.5 Å². The van der Waals surface area contributed by atoms with E-state index in [0.717, 1.165) is 19.4 Å². The van der Waals surface area contributed by atoms with Crippen molar-refractivity contribution in [3.63, 3.8) is 0 Å². The van der Waals surface area contributed by atoms with Gasteiger partial charge in [0.15, 0.2) is 8.32 Å². The molecule has 0 saturated heterocycles. The van der Waals surface area contributed by atoms with Crippen molar-refractivity contribution in [3.8, 4) is 11.5 Å². The van der Waals surface area contributed by atoms with Crippen LogP contribution in [0.5, 0.6) is 0 Å². The molecule has 0 aliphatic heterocycles. The Balaban J connectivity index is 5.08. The zero-order valence-corrected chi connectivity index (χ0v) is 23.2. The second-order valence-electron chi connectivity index (χ2n) is 11.0. The molecule has 0 heterocycles. The van der Waals surface area contributed by atoms with E-state index >= 15 is 0 Å². The van der Waals surface area contributed by atoms with Crippen molar-refractivity contribution in [1.29, 1.82) is 0 Å². The van der Waals surface area contributed by atoms with Crippen molar-refractivity contribution < 1.29 is 14.0 Å². The van der Waals surface area contributed by atoms with Gasteiger partial charge in [-0.25, -0.2) is 4.79 Å². The predicted octanol–water partition coefficient (Wildman–Crippen LogP) is 6.73. The Bertz CT molecular complexity index is 542. The molecule has 0 aliphatic carbocycles. The third kappa shape index (κ3) is 10.7. The summed E-state index contributed by atoms with van der Waals surface area (Å²) in [4.78, 5) is 12.2. The second-order valence-corrected chi connectivity index (χ2v) is 21.2. The van der Waals surface area contributed by atoms with E-state index in [4.69, 9.17) is 9.16 Å². The SMILES string of the molecule is CC(C)[Si](OCCC[C@H](C#C[Si](C)(C)C)NC(=O)OC(C)(C)C)(C(C)C)C(C)C. The fraction of sp³-hybridized carbons (Fsp3) is 0.870. The Kier molecular flexibility index (Phi) is 11.3. The van der Waals surface area contributed by atoms with Gasteiger partial charge < -0.3 is 14.5 Å². The summed E-state index contributed by atoms with van der Waals surface area (Å²) in [5.74, 6) is 3.30. The highest BCUT2D eigenvalue weighted by molar-refractivity contribution is 6.83. The summed E-state index contributed by atoms with van der Waals surface area (Å²) in [7, 11) is -3.37. The molecule has 0 aromatic rings. The van der Waals surface area contributed by atoms with Gasteiger partial charge in [-0.2, -0.15) is 0 Å². The van der Waals surface area contributed by atoms with Gasteiger partial charge in [0.1, 0.15) is 13.7 Å². The van der Waals surface area contributed by atoms with Crippen molar-refractivity contribution in [2.45, 2.75) is 123 Å². The summed E-state index contributed by atoms with van der Waals surface area (Å²) in [5.41, 5.74) is 4.60. The van der Waals surface area contributed by atoms with Crippen molar-refractivity contribution in [2.24, 2.45) is 0 Å². The van der Waals surface area contributed by atoms with Crippen LogP contribution < -0.4 is 5.32 Å². The van der Waals surface area contributed by atoms with Crippen LogP contribution in [0.15, 0.2) is 0 Å². The van der Waals surface area contributed by atoms with E-state index in [1.54, 1.807) is 0 Å². The lowest BCUT2D eigenvalue weighted by atomic mass is 10.2. The minimum absolute atomic E-state index is 0.201. The maximum Gasteiger partial charge on any atom is 0.408 e. The average molecular weight is 442 g/mol. The van der Waals surface area contributed by atoms with Crippen molar-refractivity contribution in [2.75, 3.05) is 6.61 Å². The number of hydrogen-bond donors (Lipinski definition) is 1. The molecule has 0 aromatic carbocycles. The summed E-state index contributed by atoms with van der Waals surface area (Å²) in [6.07, 6.45) is 1.25. The Morgan fingerprint density at radius 1 is 0.966 bits per heavy atom. The molecule has 1 N–H and O–H groups in total. The summed E-state index contributed by atoms with van der Waals surface area (Å²) in [6, 6.07) is -0.201. The van der Waals surface area contributed by atoms with Crippen LogP contribution in [-0.4, -0.2) is 40.7 Å². The molecule has 0 rings (SSSR count). The number of hydrogen-bond acceptors (Lipinski definition) is 3. The third-order valence-corrected chi connectivity index (χ3v) is 12.0. The highest BCUT2D eigenvalue weighted by Gasteiger charge is 2.44. The first-order chi connectivity index (χ1) is 13.0. The third-order valence-electron chi connectivity index (χ3n) is 5.01. The quantitative estimate of drug-likeness (QED) is 0.245. The fourth-order valence-electron chi connectivity index (χ4n) is 3.97. The van der Waals surface area contributed by atoms with Gasteiger partial charge >= 0.3 is 6.09 Å². The lowest BCUT2D eigenvalue weighted by Crippen LogP contribution is -2.48. The molecular formula is C23H47NO3Si2. The standard InChI is InChI=1S/C23H47NO3Si2/c1-18(2)29(19(3)4,20(5)6)26-16-13-14-21(15-17-28(10,11)12)24-22(25)27-23(7,8)9/h18-21H,13-14,16H2,1-12H3,(H,24,25)/t21-/m1/s1. The van der Waals surface area contributed by atoms with Gasteiger partial charge in [0.05, 0.1) is 6.04 Å². The topological polar surface area (TPSA) is 47.6 Å². The molecule has 0 bridgehead atoms. The largest absolute Gasteiger partial charge is 0.444 e. The number of ether oxygens (including phenoxy) is 1. The van der Waals surface area contributed by atoms with E-state index in [2.05, 4.69) is 78.0 Å². The van der Waals surface area contributed by atoms with Crippen LogP contribution in [0.1, 0.15) is 75.2 Å². The van der Waals surface area contributed by atoms with Crippen molar-refractivity contribution in [3.05, 3.63) is 0 Å². The van der Waals surface area contributed by atoms with Crippen LogP contribution in [0.4, 0.5) is 4.79 Å². The Morgan fingerprint density at radius 2 is 1.45 bits per heavy atom. The van der Waals surface area contributed by atoms with Crippen molar-refractivity contribution in [1.82, 2.24) is 5.32 Å². The molecule has 29 heavy (non-hydrogen) atoms. The predicted molar refractivity (Wildman–Crippen MR) is 131 cm³/mol. The summed E-state index contributed by atoms with van der Waals surface area (Å²) < 4.78 is 12.1. The lowest BCUT2D eigenvalue weighted by molar-refractivity contribution is 0.0513.